The number of likely N-dealkylation sites (tertiary alicyclic amines) is 1. The van der Waals surface area contributed by atoms with Gasteiger partial charge in [0.2, 0.25) is 0 Å². The van der Waals surface area contributed by atoms with E-state index in [2.05, 4.69) is 40.4 Å². The van der Waals surface area contributed by atoms with E-state index in [0.29, 0.717) is 11.3 Å². The van der Waals surface area contributed by atoms with Crippen molar-refractivity contribution in [2.24, 2.45) is 16.5 Å². The number of hydrogen-bond acceptors (Lipinski definition) is 3. The standard InChI is InChI=1S/C15H20N2O/c1-12(16-18)14-10-17(11-15(14)7-8-15)9-13-5-3-2-4-6-13/h2-6,12,14H,7-11H2,1H3. The van der Waals surface area contributed by atoms with Crippen molar-refractivity contribution in [3.05, 3.63) is 40.8 Å². The molecule has 0 aromatic heterocycles. The van der Waals surface area contributed by atoms with Gasteiger partial charge in [-0.15, -0.1) is 0 Å². The van der Waals surface area contributed by atoms with Gasteiger partial charge in [-0.25, -0.2) is 0 Å². The first-order valence-electron chi connectivity index (χ1n) is 6.82. The molecule has 18 heavy (non-hydrogen) atoms. The Labute approximate surface area is 108 Å². The smallest absolute Gasteiger partial charge is 0.0937 e. The van der Waals surface area contributed by atoms with E-state index >= 15 is 0 Å². The van der Waals surface area contributed by atoms with Crippen LogP contribution in [0.2, 0.25) is 0 Å². The predicted octanol–water partition coefficient (Wildman–Crippen LogP) is 3.05. The van der Waals surface area contributed by atoms with Crippen LogP contribution >= 0.6 is 0 Å². The summed E-state index contributed by atoms with van der Waals surface area (Å²) >= 11 is 0. The largest absolute Gasteiger partial charge is 0.298 e. The Balaban J connectivity index is 1.68. The normalized spacial score (nSPS) is 27.3. The van der Waals surface area contributed by atoms with E-state index in [-0.39, 0.29) is 6.04 Å². The molecule has 3 rings (SSSR count). The second kappa shape index (κ2) is 4.47. The summed E-state index contributed by atoms with van der Waals surface area (Å²) in [6.07, 6.45) is 2.56. The Kier molecular flexibility index (Phi) is 2.94. The molecule has 96 valence electrons. The van der Waals surface area contributed by atoms with Gasteiger partial charge in [0.1, 0.15) is 0 Å². The average molecular weight is 244 g/mol. The quantitative estimate of drug-likeness (QED) is 0.763. The second-order valence-electron chi connectivity index (χ2n) is 5.97. The topological polar surface area (TPSA) is 32.7 Å². The van der Waals surface area contributed by atoms with Crippen molar-refractivity contribution >= 4 is 0 Å². The van der Waals surface area contributed by atoms with Crippen LogP contribution in [0.5, 0.6) is 0 Å². The van der Waals surface area contributed by atoms with E-state index in [4.69, 9.17) is 0 Å². The van der Waals surface area contributed by atoms with Gasteiger partial charge in [0.25, 0.3) is 0 Å². The fourth-order valence-corrected chi connectivity index (χ4v) is 3.49. The van der Waals surface area contributed by atoms with E-state index in [1.807, 2.05) is 6.92 Å². The van der Waals surface area contributed by atoms with Gasteiger partial charge < -0.3 is 0 Å². The van der Waals surface area contributed by atoms with Crippen LogP contribution in [0, 0.1) is 16.2 Å². The molecule has 1 saturated carbocycles. The Morgan fingerprint density at radius 2 is 2.11 bits per heavy atom. The summed E-state index contributed by atoms with van der Waals surface area (Å²) in [5.74, 6) is 0.471. The summed E-state index contributed by atoms with van der Waals surface area (Å²) < 4.78 is 0. The fourth-order valence-electron chi connectivity index (χ4n) is 3.49. The summed E-state index contributed by atoms with van der Waals surface area (Å²) in [4.78, 5) is 13.3. The third-order valence-corrected chi connectivity index (χ3v) is 4.67. The van der Waals surface area contributed by atoms with Crippen molar-refractivity contribution in [2.75, 3.05) is 13.1 Å². The molecule has 0 N–H and O–H groups in total. The molecule has 2 atom stereocenters. The molecule has 3 nitrogen and oxygen atoms in total. The van der Waals surface area contributed by atoms with Gasteiger partial charge in [-0.05, 0) is 30.7 Å². The highest BCUT2D eigenvalue weighted by Gasteiger charge is 2.56. The third kappa shape index (κ3) is 2.07. The Bertz CT molecular complexity index is 427. The van der Waals surface area contributed by atoms with Crippen LogP contribution in [-0.4, -0.2) is 24.0 Å². The molecule has 1 aliphatic carbocycles. The first-order chi connectivity index (χ1) is 8.73. The van der Waals surface area contributed by atoms with Crippen LogP contribution in [-0.2, 0) is 6.54 Å². The van der Waals surface area contributed by atoms with Crippen molar-refractivity contribution in [2.45, 2.75) is 32.4 Å². The van der Waals surface area contributed by atoms with Gasteiger partial charge in [0, 0.05) is 25.6 Å². The molecule has 2 fully saturated rings. The van der Waals surface area contributed by atoms with Crippen LogP contribution in [0.25, 0.3) is 0 Å². The maximum Gasteiger partial charge on any atom is 0.0937 e. The minimum absolute atomic E-state index is 0.0340. The number of nitrogens with zero attached hydrogens (tertiary/aromatic N) is 2. The van der Waals surface area contributed by atoms with Crippen molar-refractivity contribution in [1.29, 1.82) is 0 Å². The fraction of sp³-hybridized carbons (Fsp3) is 0.600. The molecule has 1 aromatic carbocycles. The number of hydrogen-bond donors (Lipinski definition) is 0. The van der Waals surface area contributed by atoms with Crippen molar-refractivity contribution < 1.29 is 0 Å². The van der Waals surface area contributed by atoms with Crippen LogP contribution in [0.4, 0.5) is 0 Å². The lowest BCUT2D eigenvalue weighted by Crippen LogP contribution is -2.24. The molecular formula is C15H20N2O. The molecule has 2 unspecified atom stereocenters. The lowest BCUT2D eigenvalue weighted by atomic mass is 9.87. The van der Waals surface area contributed by atoms with E-state index in [1.165, 1.54) is 18.4 Å². The lowest BCUT2D eigenvalue weighted by Gasteiger charge is -2.18. The van der Waals surface area contributed by atoms with E-state index < -0.39 is 0 Å². The maximum absolute atomic E-state index is 10.8. The molecule has 0 radical (unpaired) electrons. The van der Waals surface area contributed by atoms with Crippen LogP contribution in [0.15, 0.2) is 35.5 Å². The Hall–Kier alpha value is -1.22. The van der Waals surface area contributed by atoms with Gasteiger partial charge in [-0.3, -0.25) is 4.90 Å². The second-order valence-corrected chi connectivity index (χ2v) is 5.97. The summed E-state index contributed by atoms with van der Waals surface area (Å²) in [6, 6.07) is 10.5. The number of benzene rings is 1. The molecule has 1 heterocycles. The van der Waals surface area contributed by atoms with Crippen molar-refractivity contribution in [1.82, 2.24) is 4.90 Å². The summed E-state index contributed by atoms with van der Waals surface area (Å²) in [5.41, 5.74) is 1.78. The van der Waals surface area contributed by atoms with Gasteiger partial charge >= 0.3 is 0 Å². The van der Waals surface area contributed by atoms with E-state index in [0.717, 1.165) is 19.6 Å². The highest BCUT2D eigenvalue weighted by Crippen LogP contribution is 2.57. The molecule has 1 aromatic rings. The Morgan fingerprint density at radius 1 is 1.39 bits per heavy atom. The van der Waals surface area contributed by atoms with Gasteiger partial charge in [-0.1, -0.05) is 35.5 Å². The van der Waals surface area contributed by atoms with Crippen LogP contribution in [0.1, 0.15) is 25.3 Å². The zero-order chi connectivity index (χ0) is 12.6. The zero-order valence-electron chi connectivity index (χ0n) is 10.9. The van der Waals surface area contributed by atoms with Gasteiger partial charge in [-0.2, -0.15) is 4.91 Å². The monoisotopic (exact) mass is 244 g/mol. The number of rotatable bonds is 4. The minimum atomic E-state index is -0.0340. The van der Waals surface area contributed by atoms with E-state index in [9.17, 15) is 4.91 Å². The molecular weight excluding hydrogens is 224 g/mol. The first kappa shape index (κ1) is 11.8. The van der Waals surface area contributed by atoms with Gasteiger partial charge in [0.05, 0.1) is 6.04 Å². The van der Waals surface area contributed by atoms with Crippen molar-refractivity contribution in [3.8, 4) is 0 Å². The van der Waals surface area contributed by atoms with Crippen molar-refractivity contribution in [3.63, 3.8) is 0 Å². The molecule has 3 heteroatoms. The van der Waals surface area contributed by atoms with Crippen LogP contribution in [0.3, 0.4) is 0 Å². The average Bonchev–Trinajstić information content (AvgIpc) is 3.06. The molecule has 1 saturated heterocycles. The minimum Gasteiger partial charge on any atom is -0.298 e. The molecule has 1 aliphatic heterocycles. The number of nitroso groups, excluding NO2 is 1. The highest BCUT2D eigenvalue weighted by atomic mass is 16.3. The zero-order valence-corrected chi connectivity index (χ0v) is 10.9. The molecule has 0 amide bonds. The summed E-state index contributed by atoms with van der Waals surface area (Å²) in [5, 5.41) is 3.27. The van der Waals surface area contributed by atoms with Crippen LogP contribution < -0.4 is 0 Å². The Morgan fingerprint density at radius 3 is 2.72 bits per heavy atom. The first-order valence-corrected chi connectivity index (χ1v) is 6.82. The molecule has 0 bridgehead atoms. The SMILES string of the molecule is CC(N=O)C1CN(Cc2ccccc2)CC12CC2. The summed E-state index contributed by atoms with van der Waals surface area (Å²) in [7, 11) is 0. The predicted molar refractivity (Wildman–Crippen MR) is 72.1 cm³/mol. The summed E-state index contributed by atoms with van der Waals surface area (Å²) in [6.45, 7) is 5.16. The van der Waals surface area contributed by atoms with Gasteiger partial charge in [0.15, 0.2) is 0 Å². The highest BCUT2D eigenvalue weighted by molar-refractivity contribution is 5.16. The molecule has 2 aliphatic rings. The third-order valence-electron chi connectivity index (χ3n) is 4.67. The van der Waals surface area contributed by atoms with E-state index in [1.54, 1.807) is 0 Å². The maximum atomic E-state index is 10.8. The lowest BCUT2D eigenvalue weighted by molar-refractivity contribution is 0.308. The molecule has 1 spiro atoms.